The van der Waals surface area contributed by atoms with Gasteiger partial charge in [-0.15, -0.1) is 0 Å². The monoisotopic (exact) mass is 288 g/mol. The molecular formula is C14H16N4OS. The maximum absolute atomic E-state index is 12.1. The number of pyridine rings is 1. The van der Waals surface area contributed by atoms with Gasteiger partial charge in [0.1, 0.15) is 5.82 Å². The molecule has 0 bridgehead atoms. The normalized spacial score (nSPS) is 18.8. The number of hydrogen-bond acceptors (Lipinski definition) is 4. The standard InChI is InChI=1S/C14H16N4OS/c1-17-13(18-8-10(9-20)5-14(18)19)6-12(16-17)11-3-2-4-15-7-11/h2-4,6-7,10,20H,5,8-9H2,1H3. The van der Waals surface area contributed by atoms with Crippen LogP contribution in [-0.2, 0) is 11.8 Å². The number of thiol groups is 1. The van der Waals surface area contributed by atoms with Crippen LogP contribution in [0.25, 0.3) is 11.3 Å². The third kappa shape index (κ3) is 2.31. The molecule has 1 atom stereocenters. The van der Waals surface area contributed by atoms with Gasteiger partial charge in [-0.25, -0.2) is 0 Å². The molecular weight excluding hydrogens is 272 g/mol. The van der Waals surface area contributed by atoms with Crippen molar-refractivity contribution in [3.63, 3.8) is 0 Å². The van der Waals surface area contributed by atoms with Crippen molar-refractivity contribution in [2.75, 3.05) is 17.2 Å². The van der Waals surface area contributed by atoms with E-state index >= 15 is 0 Å². The Balaban J connectivity index is 1.92. The molecule has 3 rings (SSSR count). The van der Waals surface area contributed by atoms with E-state index in [9.17, 15) is 4.79 Å². The van der Waals surface area contributed by atoms with Crippen LogP contribution in [-0.4, -0.2) is 33.0 Å². The van der Waals surface area contributed by atoms with Crippen molar-refractivity contribution >= 4 is 24.4 Å². The van der Waals surface area contributed by atoms with Gasteiger partial charge in [0.25, 0.3) is 0 Å². The molecule has 104 valence electrons. The van der Waals surface area contributed by atoms with Crippen LogP contribution in [0.5, 0.6) is 0 Å². The average Bonchev–Trinajstić information content (AvgIpc) is 3.02. The van der Waals surface area contributed by atoms with Crippen LogP contribution in [0.3, 0.4) is 0 Å². The highest BCUT2D eigenvalue weighted by Gasteiger charge is 2.31. The van der Waals surface area contributed by atoms with Crippen molar-refractivity contribution in [1.82, 2.24) is 14.8 Å². The van der Waals surface area contributed by atoms with Crippen molar-refractivity contribution < 1.29 is 4.79 Å². The fourth-order valence-electron chi connectivity index (χ4n) is 2.49. The minimum Gasteiger partial charge on any atom is -0.297 e. The maximum Gasteiger partial charge on any atom is 0.228 e. The van der Waals surface area contributed by atoms with Gasteiger partial charge in [-0.3, -0.25) is 19.4 Å². The zero-order valence-electron chi connectivity index (χ0n) is 11.2. The number of carbonyl (C=O) groups excluding carboxylic acids is 1. The van der Waals surface area contributed by atoms with E-state index in [1.54, 1.807) is 22.0 Å². The molecule has 1 aliphatic heterocycles. The van der Waals surface area contributed by atoms with Crippen molar-refractivity contribution in [2.45, 2.75) is 6.42 Å². The van der Waals surface area contributed by atoms with E-state index in [0.29, 0.717) is 18.9 Å². The molecule has 2 aromatic rings. The molecule has 2 aromatic heterocycles. The zero-order chi connectivity index (χ0) is 14.1. The molecule has 0 N–H and O–H groups in total. The fraction of sp³-hybridized carbons (Fsp3) is 0.357. The topological polar surface area (TPSA) is 51.0 Å². The number of aromatic nitrogens is 3. The van der Waals surface area contributed by atoms with Crippen LogP contribution in [0.2, 0.25) is 0 Å². The van der Waals surface area contributed by atoms with Crippen molar-refractivity contribution in [3.8, 4) is 11.3 Å². The Labute approximate surface area is 123 Å². The quantitative estimate of drug-likeness (QED) is 0.876. The lowest BCUT2D eigenvalue weighted by Crippen LogP contribution is -2.26. The summed E-state index contributed by atoms with van der Waals surface area (Å²) in [6.45, 7) is 0.717. The Kier molecular flexibility index (Phi) is 3.48. The molecule has 1 amide bonds. The number of nitrogens with zero attached hydrogens (tertiary/aromatic N) is 4. The second-order valence-electron chi connectivity index (χ2n) is 5.01. The van der Waals surface area contributed by atoms with Crippen LogP contribution in [0.15, 0.2) is 30.6 Å². The third-order valence-electron chi connectivity index (χ3n) is 3.55. The smallest absolute Gasteiger partial charge is 0.228 e. The summed E-state index contributed by atoms with van der Waals surface area (Å²) in [5.41, 5.74) is 1.78. The summed E-state index contributed by atoms with van der Waals surface area (Å²) in [5, 5.41) is 4.47. The van der Waals surface area contributed by atoms with Crippen LogP contribution >= 0.6 is 12.6 Å². The Morgan fingerprint density at radius 2 is 2.35 bits per heavy atom. The van der Waals surface area contributed by atoms with Gasteiger partial charge in [0.2, 0.25) is 5.91 Å². The highest BCUT2D eigenvalue weighted by Crippen LogP contribution is 2.28. The van der Waals surface area contributed by atoms with E-state index in [4.69, 9.17) is 0 Å². The summed E-state index contributed by atoms with van der Waals surface area (Å²) in [7, 11) is 1.86. The van der Waals surface area contributed by atoms with Gasteiger partial charge in [-0.05, 0) is 23.8 Å². The maximum atomic E-state index is 12.1. The molecule has 3 heterocycles. The fourth-order valence-corrected chi connectivity index (χ4v) is 2.74. The summed E-state index contributed by atoms with van der Waals surface area (Å²) < 4.78 is 1.75. The van der Waals surface area contributed by atoms with E-state index in [1.807, 2.05) is 25.2 Å². The van der Waals surface area contributed by atoms with Gasteiger partial charge in [-0.2, -0.15) is 17.7 Å². The van der Waals surface area contributed by atoms with Gasteiger partial charge in [0, 0.05) is 44.0 Å². The number of rotatable bonds is 3. The molecule has 1 saturated heterocycles. The predicted octanol–water partition coefficient (Wildman–Crippen LogP) is 1.76. The second-order valence-corrected chi connectivity index (χ2v) is 5.38. The Bertz CT molecular complexity index is 625. The minimum atomic E-state index is 0.143. The molecule has 0 radical (unpaired) electrons. The highest BCUT2D eigenvalue weighted by atomic mass is 32.1. The molecule has 1 unspecified atom stereocenters. The molecule has 6 heteroatoms. The van der Waals surface area contributed by atoms with Crippen molar-refractivity contribution in [1.29, 1.82) is 0 Å². The minimum absolute atomic E-state index is 0.143. The molecule has 0 aromatic carbocycles. The van der Waals surface area contributed by atoms with Gasteiger partial charge in [0.05, 0.1) is 5.69 Å². The molecule has 0 aliphatic carbocycles. The molecule has 20 heavy (non-hydrogen) atoms. The number of anilines is 1. The average molecular weight is 288 g/mol. The van der Waals surface area contributed by atoms with Gasteiger partial charge < -0.3 is 0 Å². The Hall–Kier alpha value is -1.82. The van der Waals surface area contributed by atoms with E-state index in [1.165, 1.54) is 0 Å². The molecule has 1 fully saturated rings. The lowest BCUT2D eigenvalue weighted by Gasteiger charge is -2.15. The SMILES string of the molecule is Cn1nc(-c2cccnc2)cc1N1CC(CS)CC1=O. The number of hydrogen-bond donors (Lipinski definition) is 1. The first-order valence-corrected chi connectivity index (χ1v) is 7.18. The zero-order valence-corrected chi connectivity index (χ0v) is 12.1. The molecule has 1 aliphatic rings. The first-order chi connectivity index (χ1) is 9.69. The van der Waals surface area contributed by atoms with E-state index in [0.717, 1.165) is 22.8 Å². The van der Waals surface area contributed by atoms with Gasteiger partial charge in [-0.1, -0.05) is 0 Å². The first kappa shape index (κ1) is 13.2. The van der Waals surface area contributed by atoms with Crippen LogP contribution in [0, 0.1) is 5.92 Å². The van der Waals surface area contributed by atoms with E-state index in [2.05, 4.69) is 22.7 Å². The lowest BCUT2D eigenvalue weighted by atomic mass is 10.1. The molecule has 0 spiro atoms. The Morgan fingerprint density at radius 3 is 3.00 bits per heavy atom. The number of aryl methyl sites for hydroxylation is 1. The lowest BCUT2D eigenvalue weighted by molar-refractivity contribution is -0.117. The van der Waals surface area contributed by atoms with Crippen LogP contribution in [0.1, 0.15) is 6.42 Å². The third-order valence-corrected chi connectivity index (χ3v) is 4.07. The first-order valence-electron chi connectivity index (χ1n) is 6.54. The van der Waals surface area contributed by atoms with E-state index < -0.39 is 0 Å². The molecule has 5 nitrogen and oxygen atoms in total. The van der Waals surface area contributed by atoms with Gasteiger partial charge >= 0.3 is 0 Å². The van der Waals surface area contributed by atoms with Crippen molar-refractivity contribution in [3.05, 3.63) is 30.6 Å². The second kappa shape index (κ2) is 5.28. The van der Waals surface area contributed by atoms with Gasteiger partial charge in [0.15, 0.2) is 0 Å². The largest absolute Gasteiger partial charge is 0.297 e. The van der Waals surface area contributed by atoms with Crippen LogP contribution in [0.4, 0.5) is 5.82 Å². The summed E-state index contributed by atoms with van der Waals surface area (Å²) in [4.78, 5) is 18.0. The summed E-state index contributed by atoms with van der Waals surface area (Å²) in [6.07, 6.45) is 4.07. The van der Waals surface area contributed by atoms with Crippen molar-refractivity contribution in [2.24, 2.45) is 13.0 Å². The summed E-state index contributed by atoms with van der Waals surface area (Å²) >= 11 is 4.29. The van der Waals surface area contributed by atoms with E-state index in [-0.39, 0.29) is 5.91 Å². The molecule has 0 saturated carbocycles. The number of amides is 1. The Morgan fingerprint density at radius 1 is 1.50 bits per heavy atom. The predicted molar refractivity (Wildman–Crippen MR) is 80.8 cm³/mol. The summed E-state index contributed by atoms with van der Waals surface area (Å²) in [6, 6.07) is 5.78. The van der Waals surface area contributed by atoms with Crippen LogP contribution < -0.4 is 4.90 Å². The number of carbonyl (C=O) groups is 1. The summed E-state index contributed by atoms with van der Waals surface area (Å²) in [5.74, 6) is 2.03. The highest BCUT2D eigenvalue weighted by molar-refractivity contribution is 7.80.